The van der Waals surface area contributed by atoms with Crippen molar-refractivity contribution >= 4 is 5.97 Å². The average molecular weight is 171 g/mol. The molecule has 0 heterocycles. The van der Waals surface area contributed by atoms with E-state index >= 15 is 0 Å². The number of hydrogen-bond donors (Lipinski definition) is 1. The molecule has 0 aromatic heterocycles. The van der Waals surface area contributed by atoms with Gasteiger partial charge in [0.1, 0.15) is 0 Å². The maximum atomic E-state index is 10.7. The third-order valence-corrected chi connectivity index (χ3v) is 2.73. The molecule has 0 aromatic rings. The zero-order valence-electron chi connectivity index (χ0n) is 7.79. The minimum absolute atomic E-state index is 0.105. The number of carboxylic acid groups (broad SMARTS) is 1. The van der Waals surface area contributed by atoms with E-state index in [1.165, 1.54) is 0 Å². The predicted molar refractivity (Wildman–Crippen MR) is 47.1 cm³/mol. The van der Waals surface area contributed by atoms with Gasteiger partial charge in [0.25, 0.3) is 0 Å². The van der Waals surface area contributed by atoms with Gasteiger partial charge in [0, 0.05) is 6.04 Å². The highest BCUT2D eigenvalue weighted by atomic mass is 16.4. The monoisotopic (exact) mass is 171 g/mol. The van der Waals surface area contributed by atoms with Crippen LogP contribution in [-0.4, -0.2) is 36.1 Å². The summed E-state index contributed by atoms with van der Waals surface area (Å²) >= 11 is 0. The maximum absolute atomic E-state index is 10.7. The number of rotatable bonds is 2. The maximum Gasteiger partial charge on any atom is 0.306 e. The summed E-state index contributed by atoms with van der Waals surface area (Å²) in [5.74, 6) is -0.729. The molecule has 1 fully saturated rings. The summed E-state index contributed by atoms with van der Waals surface area (Å²) < 4.78 is 0. The summed E-state index contributed by atoms with van der Waals surface area (Å²) in [4.78, 5) is 12.8. The third kappa shape index (κ3) is 2.21. The fourth-order valence-electron chi connectivity index (χ4n) is 1.86. The van der Waals surface area contributed by atoms with Crippen molar-refractivity contribution in [1.82, 2.24) is 4.90 Å². The molecule has 1 aliphatic rings. The Bertz CT molecular complexity index is 168. The zero-order valence-corrected chi connectivity index (χ0v) is 7.79. The lowest BCUT2D eigenvalue weighted by Crippen LogP contribution is -2.35. The van der Waals surface area contributed by atoms with Crippen LogP contribution < -0.4 is 0 Å². The highest BCUT2D eigenvalue weighted by molar-refractivity contribution is 5.70. The van der Waals surface area contributed by atoms with Gasteiger partial charge in [0.05, 0.1) is 5.92 Å². The molecule has 2 atom stereocenters. The smallest absolute Gasteiger partial charge is 0.306 e. The van der Waals surface area contributed by atoms with Crippen LogP contribution in [0.1, 0.15) is 25.7 Å². The Labute approximate surface area is 73.4 Å². The number of carbonyl (C=O) groups is 1. The first-order valence-electron chi connectivity index (χ1n) is 4.50. The van der Waals surface area contributed by atoms with Crippen LogP contribution in [-0.2, 0) is 4.79 Å². The van der Waals surface area contributed by atoms with Crippen LogP contribution in [0.25, 0.3) is 0 Å². The van der Waals surface area contributed by atoms with Gasteiger partial charge in [0.15, 0.2) is 0 Å². The van der Waals surface area contributed by atoms with E-state index in [0.29, 0.717) is 6.04 Å². The minimum atomic E-state index is -0.624. The van der Waals surface area contributed by atoms with Gasteiger partial charge in [0.2, 0.25) is 0 Å². The first-order valence-corrected chi connectivity index (χ1v) is 4.50. The molecule has 12 heavy (non-hydrogen) atoms. The van der Waals surface area contributed by atoms with Gasteiger partial charge in [-0.1, -0.05) is 6.42 Å². The molecule has 70 valence electrons. The van der Waals surface area contributed by atoms with Crippen LogP contribution >= 0.6 is 0 Å². The molecular weight excluding hydrogens is 154 g/mol. The molecule has 1 saturated carbocycles. The molecule has 0 aliphatic heterocycles. The Kier molecular flexibility index (Phi) is 3.09. The lowest BCUT2D eigenvalue weighted by molar-refractivity contribution is -0.143. The summed E-state index contributed by atoms with van der Waals surface area (Å²) in [5, 5.41) is 8.82. The molecule has 0 aromatic carbocycles. The molecule has 1 N–H and O–H groups in total. The van der Waals surface area contributed by atoms with Gasteiger partial charge >= 0.3 is 5.97 Å². The van der Waals surface area contributed by atoms with Gasteiger partial charge in [-0.15, -0.1) is 0 Å². The van der Waals surface area contributed by atoms with E-state index < -0.39 is 5.97 Å². The zero-order chi connectivity index (χ0) is 9.14. The molecule has 3 heteroatoms. The lowest BCUT2D eigenvalue weighted by atomic mass is 9.85. The Morgan fingerprint density at radius 2 is 2.08 bits per heavy atom. The highest BCUT2D eigenvalue weighted by Gasteiger charge is 2.27. The first kappa shape index (κ1) is 9.52. The van der Waals surface area contributed by atoms with Gasteiger partial charge in [-0.3, -0.25) is 4.79 Å². The van der Waals surface area contributed by atoms with E-state index in [2.05, 4.69) is 4.90 Å². The molecule has 1 aliphatic carbocycles. The van der Waals surface area contributed by atoms with Crippen molar-refractivity contribution in [1.29, 1.82) is 0 Å². The standard InChI is InChI=1S/C9H17NO2/c1-10(2)8-5-3-4-7(6-8)9(11)12/h7-8H,3-6H2,1-2H3,(H,11,12)/t7-,8-/m0/s1. The van der Waals surface area contributed by atoms with Crippen LogP contribution in [0.4, 0.5) is 0 Å². The van der Waals surface area contributed by atoms with Crippen molar-refractivity contribution in [2.24, 2.45) is 5.92 Å². The molecule has 0 saturated heterocycles. The van der Waals surface area contributed by atoms with Crippen LogP contribution in [0.3, 0.4) is 0 Å². The highest BCUT2D eigenvalue weighted by Crippen LogP contribution is 2.26. The summed E-state index contributed by atoms with van der Waals surface area (Å²) in [5.41, 5.74) is 0. The van der Waals surface area contributed by atoms with Crippen LogP contribution in [0.15, 0.2) is 0 Å². The number of carboxylic acids is 1. The summed E-state index contributed by atoms with van der Waals surface area (Å²) in [6.07, 6.45) is 3.89. The van der Waals surface area contributed by atoms with Crippen molar-refractivity contribution in [3.8, 4) is 0 Å². The molecule has 0 unspecified atom stereocenters. The Hall–Kier alpha value is -0.570. The van der Waals surface area contributed by atoms with Crippen molar-refractivity contribution in [3.05, 3.63) is 0 Å². The van der Waals surface area contributed by atoms with Crippen molar-refractivity contribution in [2.45, 2.75) is 31.7 Å². The van der Waals surface area contributed by atoms with E-state index in [-0.39, 0.29) is 5.92 Å². The molecule has 0 amide bonds. The topological polar surface area (TPSA) is 40.5 Å². The fourth-order valence-corrected chi connectivity index (χ4v) is 1.86. The van der Waals surface area contributed by atoms with Crippen LogP contribution in [0, 0.1) is 5.92 Å². The Morgan fingerprint density at radius 3 is 2.58 bits per heavy atom. The lowest BCUT2D eigenvalue weighted by Gasteiger charge is -2.31. The second-order valence-electron chi connectivity index (χ2n) is 3.82. The molecule has 0 radical (unpaired) electrons. The van der Waals surface area contributed by atoms with Gasteiger partial charge in [-0.05, 0) is 33.4 Å². The molecule has 1 rings (SSSR count). The van der Waals surface area contributed by atoms with Crippen molar-refractivity contribution in [3.63, 3.8) is 0 Å². The van der Waals surface area contributed by atoms with E-state index in [1.54, 1.807) is 0 Å². The van der Waals surface area contributed by atoms with Crippen LogP contribution in [0.2, 0.25) is 0 Å². The predicted octanol–water partition coefficient (Wildman–Crippen LogP) is 1.19. The first-order chi connectivity index (χ1) is 5.61. The minimum Gasteiger partial charge on any atom is -0.481 e. The molecular formula is C9H17NO2. The van der Waals surface area contributed by atoms with Crippen molar-refractivity contribution in [2.75, 3.05) is 14.1 Å². The quantitative estimate of drug-likeness (QED) is 0.678. The van der Waals surface area contributed by atoms with E-state index in [4.69, 9.17) is 5.11 Å². The number of aliphatic carboxylic acids is 1. The van der Waals surface area contributed by atoms with Gasteiger partial charge in [-0.2, -0.15) is 0 Å². The summed E-state index contributed by atoms with van der Waals surface area (Å²) in [6, 6.07) is 0.472. The second-order valence-corrected chi connectivity index (χ2v) is 3.82. The largest absolute Gasteiger partial charge is 0.481 e. The van der Waals surface area contributed by atoms with E-state index in [1.807, 2.05) is 14.1 Å². The SMILES string of the molecule is CN(C)[C@H]1CCC[C@H](C(=O)O)C1. The van der Waals surface area contributed by atoms with E-state index in [0.717, 1.165) is 25.7 Å². The van der Waals surface area contributed by atoms with Crippen molar-refractivity contribution < 1.29 is 9.90 Å². The Balaban J connectivity index is 2.46. The number of hydrogen-bond acceptors (Lipinski definition) is 2. The third-order valence-electron chi connectivity index (χ3n) is 2.73. The summed E-state index contributed by atoms with van der Waals surface area (Å²) in [7, 11) is 4.05. The average Bonchev–Trinajstić information content (AvgIpc) is 2.04. The second kappa shape index (κ2) is 3.90. The Morgan fingerprint density at radius 1 is 1.42 bits per heavy atom. The van der Waals surface area contributed by atoms with Gasteiger partial charge in [-0.25, -0.2) is 0 Å². The number of nitrogens with zero attached hydrogens (tertiary/aromatic N) is 1. The molecule has 0 spiro atoms. The van der Waals surface area contributed by atoms with Crippen LogP contribution in [0.5, 0.6) is 0 Å². The molecule has 3 nitrogen and oxygen atoms in total. The molecule has 0 bridgehead atoms. The van der Waals surface area contributed by atoms with Gasteiger partial charge < -0.3 is 10.0 Å². The fraction of sp³-hybridized carbons (Fsp3) is 0.889. The summed E-state index contributed by atoms with van der Waals surface area (Å²) in [6.45, 7) is 0. The normalized spacial score (nSPS) is 30.6. The van der Waals surface area contributed by atoms with E-state index in [9.17, 15) is 4.79 Å².